The summed E-state index contributed by atoms with van der Waals surface area (Å²) in [6.45, 7) is 0.788. The highest BCUT2D eigenvalue weighted by molar-refractivity contribution is 9.10. The minimum atomic E-state index is -4.19. The molecule has 1 aromatic heterocycles. The van der Waals surface area contributed by atoms with Gasteiger partial charge in [-0.3, -0.25) is 4.72 Å². The Hall–Kier alpha value is -1.76. The van der Waals surface area contributed by atoms with E-state index in [9.17, 15) is 17.9 Å². The highest BCUT2D eigenvalue weighted by atomic mass is 79.9. The van der Waals surface area contributed by atoms with Crippen molar-refractivity contribution in [3.63, 3.8) is 0 Å². The third kappa shape index (κ3) is 5.84. The average molecular weight is 576 g/mol. The molecule has 0 amide bonds. The number of sulfonamides is 1. The number of rotatable bonds is 8. The molecule has 0 spiro atoms. The molecular weight excluding hydrogens is 555 g/mol. The molecule has 1 fully saturated rings. The van der Waals surface area contributed by atoms with Crippen molar-refractivity contribution in [1.29, 1.82) is 0 Å². The molecule has 0 bridgehead atoms. The zero-order chi connectivity index (χ0) is 23.6. The van der Waals surface area contributed by atoms with Crippen LogP contribution in [-0.4, -0.2) is 43.2 Å². The Morgan fingerprint density at radius 3 is 2.85 bits per heavy atom. The van der Waals surface area contributed by atoms with Crippen molar-refractivity contribution in [3.8, 4) is 0 Å². The van der Waals surface area contributed by atoms with Crippen LogP contribution in [0.4, 0.5) is 15.2 Å². The van der Waals surface area contributed by atoms with E-state index in [0.29, 0.717) is 25.9 Å². The lowest BCUT2D eigenvalue weighted by Crippen LogP contribution is -2.48. The van der Waals surface area contributed by atoms with E-state index in [0.717, 1.165) is 33.5 Å². The molecule has 0 aliphatic carbocycles. The molecule has 4 N–H and O–H groups in total. The zero-order valence-electron chi connectivity index (χ0n) is 17.2. The van der Waals surface area contributed by atoms with Gasteiger partial charge in [-0.2, -0.15) is 0 Å². The number of halogens is 3. The number of thiazole rings is 1. The van der Waals surface area contributed by atoms with E-state index in [-0.39, 0.29) is 15.8 Å². The van der Waals surface area contributed by atoms with E-state index in [1.165, 1.54) is 6.20 Å². The summed E-state index contributed by atoms with van der Waals surface area (Å²) < 4.78 is 43.1. The Balaban J connectivity index is 1.53. The fourth-order valence-electron chi connectivity index (χ4n) is 3.88. The quantitative estimate of drug-likeness (QED) is 0.320. The van der Waals surface area contributed by atoms with E-state index in [2.05, 4.69) is 36.3 Å². The molecule has 7 nitrogen and oxygen atoms in total. The number of aromatic nitrogens is 1. The summed E-state index contributed by atoms with van der Waals surface area (Å²) in [5, 5.41) is 18.5. The standard InChI is InChI=1S/C21H21BrClFN4O3S2/c22-14-3-1-2-13(6-14)9-21(10-15(29)11-27-21)12-26-18-8-17(24)19(7-16(18)23)33(30,31)28-20-25-4-5-32-20/h1-8,15,26-27,29H,9-12H2,(H,25,28)/t15-,21-/m0/s1. The van der Waals surface area contributed by atoms with Crippen molar-refractivity contribution in [2.75, 3.05) is 23.1 Å². The van der Waals surface area contributed by atoms with Crippen LogP contribution in [0.2, 0.25) is 5.02 Å². The predicted octanol–water partition coefficient (Wildman–Crippen LogP) is 4.25. The average Bonchev–Trinajstić information content (AvgIpc) is 3.38. The van der Waals surface area contributed by atoms with Gasteiger partial charge in [0.15, 0.2) is 5.13 Å². The topological polar surface area (TPSA) is 103 Å². The van der Waals surface area contributed by atoms with Gasteiger partial charge in [0, 0.05) is 34.7 Å². The number of hydrogen-bond acceptors (Lipinski definition) is 7. The second-order valence-corrected chi connectivity index (χ2v) is 11.8. The van der Waals surface area contributed by atoms with Gasteiger partial charge >= 0.3 is 0 Å². The lowest BCUT2D eigenvalue weighted by Gasteiger charge is -2.31. The molecule has 4 rings (SSSR count). The molecule has 12 heteroatoms. The Labute approximate surface area is 208 Å². The molecule has 2 atom stereocenters. The van der Waals surface area contributed by atoms with Gasteiger partial charge in [-0.1, -0.05) is 39.7 Å². The molecule has 0 radical (unpaired) electrons. The van der Waals surface area contributed by atoms with Crippen LogP contribution in [0.1, 0.15) is 12.0 Å². The van der Waals surface area contributed by atoms with E-state index >= 15 is 0 Å². The number of anilines is 2. The second-order valence-electron chi connectivity index (χ2n) is 7.88. The fraction of sp³-hybridized carbons (Fsp3) is 0.286. The van der Waals surface area contributed by atoms with Gasteiger partial charge in [0.1, 0.15) is 10.7 Å². The molecule has 1 saturated heterocycles. The van der Waals surface area contributed by atoms with Gasteiger partial charge in [0.2, 0.25) is 0 Å². The van der Waals surface area contributed by atoms with Crippen LogP contribution in [0.25, 0.3) is 0 Å². The summed E-state index contributed by atoms with van der Waals surface area (Å²) >= 11 is 10.9. The molecule has 2 aromatic carbocycles. The summed E-state index contributed by atoms with van der Waals surface area (Å²) in [6.07, 6.45) is 2.06. The maximum atomic E-state index is 14.8. The van der Waals surface area contributed by atoms with Gasteiger partial charge in [0.25, 0.3) is 10.0 Å². The number of aliphatic hydroxyl groups is 1. The minimum Gasteiger partial charge on any atom is -0.392 e. The van der Waals surface area contributed by atoms with Crippen LogP contribution in [-0.2, 0) is 16.4 Å². The van der Waals surface area contributed by atoms with Crippen LogP contribution in [0.3, 0.4) is 0 Å². The van der Waals surface area contributed by atoms with Crippen molar-refractivity contribution in [3.05, 3.63) is 68.9 Å². The summed E-state index contributed by atoms with van der Waals surface area (Å²) in [6, 6.07) is 10.0. The van der Waals surface area contributed by atoms with Crippen LogP contribution in [0.15, 0.2) is 57.3 Å². The summed E-state index contributed by atoms with van der Waals surface area (Å²) in [5.41, 5.74) is 0.843. The largest absolute Gasteiger partial charge is 0.392 e. The molecule has 1 aliphatic heterocycles. The molecule has 3 aromatic rings. The first-order valence-corrected chi connectivity index (χ1v) is 13.5. The molecule has 1 aliphatic rings. The smallest absolute Gasteiger partial charge is 0.266 e. The monoisotopic (exact) mass is 574 g/mol. The third-order valence-corrected chi connectivity index (χ3v) is 8.33. The Bertz CT molecular complexity index is 1250. The van der Waals surface area contributed by atoms with Crippen molar-refractivity contribution >= 4 is 59.7 Å². The number of nitrogens with zero attached hydrogens (tertiary/aromatic N) is 1. The number of nitrogens with one attached hydrogen (secondary N) is 3. The lowest BCUT2D eigenvalue weighted by atomic mass is 9.88. The van der Waals surface area contributed by atoms with E-state index in [1.54, 1.807) is 5.38 Å². The van der Waals surface area contributed by atoms with E-state index in [1.807, 2.05) is 24.3 Å². The molecule has 0 saturated carbocycles. The van der Waals surface area contributed by atoms with Crippen molar-refractivity contribution in [2.24, 2.45) is 0 Å². The van der Waals surface area contributed by atoms with E-state index in [4.69, 9.17) is 11.6 Å². The second kappa shape index (κ2) is 9.85. The summed E-state index contributed by atoms with van der Waals surface area (Å²) in [7, 11) is -4.19. The summed E-state index contributed by atoms with van der Waals surface area (Å²) in [5.74, 6) is -0.939. The molecule has 33 heavy (non-hydrogen) atoms. The Kier molecular flexibility index (Phi) is 7.27. The number of benzene rings is 2. The fourth-order valence-corrected chi connectivity index (χ4v) is 6.49. The lowest BCUT2D eigenvalue weighted by molar-refractivity contribution is 0.185. The molecule has 176 valence electrons. The van der Waals surface area contributed by atoms with Gasteiger partial charge in [-0.05, 0) is 42.7 Å². The SMILES string of the molecule is O=S(=O)(Nc1nccs1)c1cc(Cl)c(NC[C@]2(Cc3cccc(Br)c3)C[C@H](O)CN2)cc1F. The van der Waals surface area contributed by atoms with Crippen molar-refractivity contribution in [2.45, 2.75) is 29.4 Å². The third-order valence-electron chi connectivity index (χ3n) is 5.35. The van der Waals surface area contributed by atoms with Gasteiger partial charge < -0.3 is 15.7 Å². The highest BCUT2D eigenvalue weighted by Gasteiger charge is 2.38. The first-order valence-electron chi connectivity index (χ1n) is 9.99. The Morgan fingerprint density at radius 1 is 1.36 bits per heavy atom. The highest BCUT2D eigenvalue weighted by Crippen LogP contribution is 2.32. The van der Waals surface area contributed by atoms with Crippen molar-refractivity contribution in [1.82, 2.24) is 10.3 Å². The number of β-amino-alcohol motifs (C(OH)–C–C–N with tert-alkyl or cyclic N) is 1. The Morgan fingerprint density at radius 2 is 2.18 bits per heavy atom. The predicted molar refractivity (Wildman–Crippen MR) is 132 cm³/mol. The van der Waals surface area contributed by atoms with E-state index < -0.39 is 32.4 Å². The maximum absolute atomic E-state index is 14.8. The molecule has 2 heterocycles. The summed E-state index contributed by atoms with van der Waals surface area (Å²) in [4.78, 5) is 3.29. The van der Waals surface area contributed by atoms with Gasteiger partial charge in [-0.15, -0.1) is 11.3 Å². The van der Waals surface area contributed by atoms with Crippen LogP contribution < -0.4 is 15.4 Å². The zero-order valence-corrected chi connectivity index (χ0v) is 21.2. The maximum Gasteiger partial charge on any atom is 0.266 e. The van der Waals surface area contributed by atoms with Gasteiger partial charge in [-0.25, -0.2) is 17.8 Å². The number of hydrogen-bond donors (Lipinski definition) is 4. The molecular formula is C21H21BrClFN4O3S2. The first kappa shape index (κ1) is 24.4. The molecule has 0 unspecified atom stereocenters. The normalized spacial score (nSPS) is 20.7. The van der Waals surface area contributed by atoms with Crippen LogP contribution in [0, 0.1) is 5.82 Å². The number of aliphatic hydroxyl groups excluding tert-OH is 1. The van der Waals surface area contributed by atoms with Crippen molar-refractivity contribution < 1.29 is 17.9 Å². The van der Waals surface area contributed by atoms with Gasteiger partial charge in [0.05, 0.1) is 16.8 Å². The van der Waals surface area contributed by atoms with Crippen LogP contribution >= 0.6 is 38.9 Å². The minimum absolute atomic E-state index is 0.0621. The first-order chi connectivity index (χ1) is 15.7. The van der Waals surface area contributed by atoms with Crippen LogP contribution in [0.5, 0.6) is 0 Å².